The molecule has 2 aromatic heterocycles. The zero-order chi connectivity index (χ0) is 14.5. The largest absolute Gasteiger partial charge is 0.476 e. The molecule has 1 amide bonds. The smallest absolute Gasteiger partial charge is 0.358 e. The van der Waals surface area contributed by atoms with Crippen LogP contribution < -0.4 is 10.9 Å². The van der Waals surface area contributed by atoms with E-state index in [9.17, 15) is 9.59 Å². The van der Waals surface area contributed by atoms with Gasteiger partial charge in [0.1, 0.15) is 12.4 Å². The fourth-order valence-electron chi connectivity index (χ4n) is 1.45. The van der Waals surface area contributed by atoms with E-state index in [1.54, 1.807) is 24.4 Å². The van der Waals surface area contributed by atoms with Crippen molar-refractivity contribution in [3.63, 3.8) is 0 Å². The van der Waals surface area contributed by atoms with Crippen molar-refractivity contribution in [1.82, 2.24) is 25.4 Å². The Morgan fingerprint density at radius 1 is 1.40 bits per heavy atom. The van der Waals surface area contributed by atoms with Crippen LogP contribution in [0.1, 0.15) is 16.2 Å². The quantitative estimate of drug-likeness (QED) is 0.647. The number of carbonyl (C=O) groups excluding carboxylic acids is 1. The highest BCUT2D eigenvalue weighted by Crippen LogP contribution is 2.03. The Morgan fingerprint density at radius 3 is 2.80 bits per heavy atom. The van der Waals surface area contributed by atoms with Crippen LogP contribution in [0.2, 0.25) is 0 Å². The number of aromatic nitrogens is 4. The lowest BCUT2D eigenvalue weighted by Gasteiger charge is -2.07. The molecule has 0 aliphatic carbocycles. The number of pyridine rings is 1. The van der Waals surface area contributed by atoms with E-state index in [-0.39, 0.29) is 12.2 Å². The molecule has 0 unspecified atom stereocenters. The van der Waals surface area contributed by atoms with Gasteiger partial charge in [0.15, 0.2) is 5.69 Å². The van der Waals surface area contributed by atoms with Crippen molar-refractivity contribution in [3.05, 3.63) is 35.8 Å². The predicted octanol–water partition coefficient (Wildman–Crippen LogP) is -0.177. The van der Waals surface area contributed by atoms with Crippen molar-refractivity contribution in [2.75, 3.05) is 5.43 Å². The second-order valence-corrected chi connectivity index (χ2v) is 3.87. The van der Waals surface area contributed by atoms with Crippen LogP contribution in [-0.4, -0.2) is 37.0 Å². The number of anilines is 1. The first kappa shape index (κ1) is 13.5. The number of aromatic carboxylic acids is 1. The van der Waals surface area contributed by atoms with E-state index in [2.05, 4.69) is 26.1 Å². The lowest BCUT2D eigenvalue weighted by molar-refractivity contribution is -0.121. The summed E-state index contributed by atoms with van der Waals surface area (Å²) in [6.45, 7) is 1.38. The van der Waals surface area contributed by atoms with Gasteiger partial charge in [0.05, 0.1) is 5.69 Å². The van der Waals surface area contributed by atoms with E-state index in [1.165, 1.54) is 11.6 Å². The molecule has 9 nitrogen and oxygen atoms in total. The average molecular weight is 276 g/mol. The summed E-state index contributed by atoms with van der Waals surface area (Å²) < 4.78 is 1.21. The maximum absolute atomic E-state index is 11.7. The minimum absolute atomic E-state index is 0.147. The second-order valence-electron chi connectivity index (χ2n) is 3.87. The SMILES string of the molecule is Cc1c(C(=O)O)nnn1CC(=O)NNc1ccccn1. The molecule has 2 heterocycles. The molecule has 0 aliphatic heterocycles. The first-order chi connectivity index (χ1) is 9.58. The minimum atomic E-state index is -1.18. The van der Waals surface area contributed by atoms with Gasteiger partial charge in [-0.2, -0.15) is 0 Å². The summed E-state index contributed by atoms with van der Waals surface area (Å²) >= 11 is 0. The van der Waals surface area contributed by atoms with Crippen molar-refractivity contribution >= 4 is 17.7 Å². The van der Waals surface area contributed by atoms with Crippen LogP contribution in [-0.2, 0) is 11.3 Å². The molecule has 0 spiro atoms. The molecule has 2 rings (SSSR count). The summed E-state index contributed by atoms with van der Waals surface area (Å²) in [5.41, 5.74) is 5.19. The molecule has 0 bridgehead atoms. The number of amides is 1. The Balaban J connectivity index is 1.93. The van der Waals surface area contributed by atoms with Crippen LogP contribution in [0.25, 0.3) is 0 Å². The number of hydrogen-bond acceptors (Lipinski definition) is 6. The van der Waals surface area contributed by atoms with Crippen LogP contribution >= 0.6 is 0 Å². The van der Waals surface area contributed by atoms with Gasteiger partial charge >= 0.3 is 5.97 Å². The van der Waals surface area contributed by atoms with Crippen LogP contribution in [0, 0.1) is 6.92 Å². The van der Waals surface area contributed by atoms with Gasteiger partial charge in [-0.25, -0.2) is 14.5 Å². The summed E-state index contributed by atoms with van der Waals surface area (Å²) in [6, 6.07) is 5.20. The van der Waals surface area contributed by atoms with E-state index < -0.39 is 11.9 Å². The van der Waals surface area contributed by atoms with Gasteiger partial charge in [0, 0.05) is 6.20 Å². The molecule has 0 saturated heterocycles. The number of nitrogens with zero attached hydrogens (tertiary/aromatic N) is 4. The summed E-state index contributed by atoms with van der Waals surface area (Å²) in [7, 11) is 0. The van der Waals surface area contributed by atoms with Crippen LogP contribution in [0.15, 0.2) is 24.4 Å². The highest BCUT2D eigenvalue weighted by atomic mass is 16.4. The Kier molecular flexibility index (Phi) is 3.89. The maximum atomic E-state index is 11.7. The molecule has 0 radical (unpaired) electrons. The standard InChI is InChI=1S/C11H12N6O3/c1-7-10(11(19)20)15-16-17(7)6-9(18)14-13-8-4-2-3-5-12-8/h2-5H,6H2,1H3,(H,12,13)(H,14,18)(H,19,20). The molecule has 20 heavy (non-hydrogen) atoms. The summed E-state index contributed by atoms with van der Waals surface area (Å²) in [5.74, 6) is -1.09. The van der Waals surface area contributed by atoms with Gasteiger partial charge in [0.2, 0.25) is 0 Å². The molecule has 0 atom stereocenters. The number of carboxylic acids is 1. The normalized spacial score (nSPS) is 10.1. The van der Waals surface area contributed by atoms with Gasteiger partial charge in [0.25, 0.3) is 5.91 Å². The van der Waals surface area contributed by atoms with Crippen molar-refractivity contribution in [2.24, 2.45) is 0 Å². The number of hydrazine groups is 1. The molecule has 0 fully saturated rings. The Labute approximate surface area is 113 Å². The molecule has 3 N–H and O–H groups in total. The van der Waals surface area contributed by atoms with E-state index >= 15 is 0 Å². The van der Waals surface area contributed by atoms with E-state index in [4.69, 9.17) is 5.11 Å². The van der Waals surface area contributed by atoms with E-state index in [0.717, 1.165) is 0 Å². The van der Waals surface area contributed by atoms with Crippen molar-refractivity contribution in [3.8, 4) is 0 Å². The number of hydrogen-bond donors (Lipinski definition) is 3. The average Bonchev–Trinajstić information content (AvgIpc) is 2.79. The first-order valence-corrected chi connectivity index (χ1v) is 5.67. The van der Waals surface area contributed by atoms with Crippen LogP contribution in [0.5, 0.6) is 0 Å². The molecular formula is C11H12N6O3. The third-order valence-corrected chi connectivity index (χ3v) is 2.47. The minimum Gasteiger partial charge on any atom is -0.476 e. The Hall–Kier alpha value is -2.97. The molecule has 0 aliphatic rings. The van der Waals surface area contributed by atoms with Gasteiger partial charge < -0.3 is 5.11 Å². The molecule has 9 heteroatoms. The third kappa shape index (κ3) is 3.07. The fourth-order valence-corrected chi connectivity index (χ4v) is 1.45. The fraction of sp³-hybridized carbons (Fsp3) is 0.182. The van der Waals surface area contributed by atoms with Crippen LogP contribution in [0.4, 0.5) is 5.82 Å². The lowest BCUT2D eigenvalue weighted by Crippen LogP contribution is -2.33. The summed E-state index contributed by atoms with van der Waals surface area (Å²) in [5, 5.41) is 15.9. The monoisotopic (exact) mass is 276 g/mol. The molecular weight excluding hydrogens is 264 g/mol. The zero-order valence-corrected chi connectivity index (χ0v) is 10.6. The molecule has 0 aromatic carbocycles. The van der Waals surface area contributed by atoms with Gasteiger partial charge in [-0.05, 0) is 19.1 Å². The van der Waals surface area contributed by atoms with E-state index in [1.807, 2.05) is 0 Å². The van der Waals surface area contributed by atoms with Gasteiger partial charge in [-0.1, -0.05) is 11.3 Å². The van der Waals surface area contributed by atoms with Gasteiger partial charge in [-0.3, -0.25) is 15.6 Å². The second kappa shape index (κ2) is 5.78. The first-order valence-electron chi connectivity index (χ1n) is 5.67. The third-order valence-electron chi connectivity index (χ3n) is 2.47. The topological polar surface area (TPSA) is 122 Å². The Bertz CT molecular complexity index is 624. The van der Waals surface area contributed by atoms with Crippen molar-refractivity contribution < 1.29 is 14.7 Å². The maximum Gasteiger partial charge on any atom is 0.358 e. The predicted molar refractivity (Wildman–Crippen MR) is 67.7 cm³/mol. The number of nitrogens with one attached hydrogen (secondary N) is 2. The molecule has 0 saturated carbocycles. The lowest BCUT2D eigenvalue weighted by atomic mass is 10.3. The van der Waals surface area contributed by atoms with Gasteiger partial charge in [-0.15, -0.1) is 5.10 Å². The highest BCUT2D eigenvalue weighted by molar-refractivity contribution is 5.86. The Morgan fingerprint density at radius 2 is 2.20 bits per heavy atom. The van der Waals surface area contributed by atoms with Crippen molar-refractivity contribution in [1.29, 1.82) is 0 Å². The number of carbonyl (C=O) groups is 2. The van der Waals surface area contributed by atoms with Crippen molar-refractivity contribution in [2.45, 2.75) is 13.5 Å². The molecule has 104 valence electrons. The summed E-state index contributed by atoms with van der Waals surface area (Å²) in [4.78, 5) is 26.4. The van der Waals surface area contributed by atoms with Crippen LogP contribution in [0.3, 0.4) is 0 Å². The highest BCUT2D eigenvalue weighted by Gasteiger charge is 2.16. The number of carboxylic acid groups (broad SMARTS) is 1. The van der Waals surface area contributed by atoms with E-state index in [0.29, 0.717) is 11.5 Å². The zero-order valence-electron chi connectivity index (χ0n) is 10.6. The number of rotatable bonds is 5. The summed E-state index contributed by atoms with van der Waals surface area (Å²) in [6.07, 6.45) is 1.58. The molecule has 2 aromatic rings.